The number of hydrogen-bond acceptors (Lipinski definition) is 3. The lowest BCUT2D eigenvalue weighted by atomic mass is 10.1. The molecule has 1 unspecified atom stereocenters. The maximum atomic E-state index is 12.0. The number of benzene rings is 2. The second-order valence-electron chi connectivity index (χ2n) is 5.48. The number of carbonyl (C=O) groups excluding carboxylic acids is 1. The lowest BCUT2D eigenvalue weighted by Gasteiger charge is -2.18. The maximum absolute atomic E-state index is 12.0. The number of aliphatic hydroxyl groups is 1. The summed E-state index contributed by atoms with van der Waals surface area (Å²) in [5, 5.41) is 11.8. The molecule has 0 spiro atoms. The van der Waals surface area contributed by atoms with Gasteiger partial charge in [-0.25, -0.2) is 0 Å². The van der Waals surface area contributed by atoms with E-state index < -0.39 is 0 Å². The number of aryl methyl sites for hydroxylation is 1. The van der Waals surface area contributed by atoms with E-state index in [-0.39, 0.29) is 25.2 Å². The molecule has 0 fully saturated rings. The fraction of sp³-hybridized carbons (Fsp3) is 0.250. The smallest absolute Gasteiger partial charge is 0.244 e. The zero-order chi connectivity index (χ0) is 17.2. The van der Waals surface area contributed by atoms with E-state index >= 15 is 0 Å². The minimum absolute atomic E-state index is 0.0514. The lowest BCUT2D eigenvalue weighted by molar-refractivity contribution is -0.117. The average Bonchev–Trinajstić information content (AvgIpc) is 2.62. The second kappa shape index (κ2) is 9.65. The van der Waals surface area contributed by atoms with Gasteiger partial charge < -0.3 is 15.2 Å². The predicted molar refractivity (Wildman–Crippen MR) is 95.4 cm³/mol. The molecule has 0 saturated carbocycles. The quantitative estimate of drug-likeness (QED) is 0.734. The Balaban J connectivity index is 1.93. The van der Waals surface area contributed by atoms with Crippen molar-refractivity contribution in [3.05, 3.63) is 77.4 Å². The summed E-state index contributed by atoms with van der Waals surface area (Å²) in [6.45, 7) is 2.54. The van der Waals surface area contributed by atoms with Gasteiger partial charge in [0.05, 0.1) is 19.3 Å². The van der Waals surface area contributed by atoms with E-state index in [1.807, 2.05) is 61.5 Å². The van der Waals surface area contributed by atoms with E-state index in [2.05, 4.69) is 5.32 Å². The molecule has 24 heavy (non-hydrogen) atoms. The molecule has 1 amide bonds. The molecule has 0 aliphatic rings. The molecular formula is C20H23NO3. The van der Waals surface area contributed by atoms with E-state index in [0.29, 0.717) is 6.54 Å². The largest absolute Gasteiger partial charge is 0.394 e. The third-order valence-electron chi connectivity index (χ3n) is 3.55. The first-order valence-electron chi connectivity index (χ1n) is 7.99. The molecule has 0 aliphatic heterocycles. The summed E-state index contributed by atoms with van der Waals surface area (Å²) in [7, 11) is 0. The predicted octanol–water partition coefficient (Wildman–Crippen LogP) is 2.87. The van der Waals surface area contributed by atoms with Crippen LogP contribution in [0.2, 0.25) is 0 Å². The molecule has 0 bridgehead atoms. The number of amides is 1. The Hall–Kier alpha value is -2.43. The first-order chi connectivity index (χ1) is 11.7. The zero-order valence-corrected chi connectivity index (χ0v) is 13.8. The molecular weight excluding hydrogens is 302 g/mol. The Morgan fingerprint density at radius 3 is 2.54 bits per heavy atom. The Bertz CT molecular complexity index is 650. The highest BCUT2D eigenvalue weighted by Crippen LogP contribution is 2.17. The van der Waals surface area contributed by atoms with Gasteiger partial charge in [-0.1, -0.05) is 60.2 Å². The van der Waals surface area contributed by atoms with Crippen molar-refractivity contribution in [2.24, 2.45) is 0 Å². The molecule has 0 radical (unpaired) electrons. The van der Waals surface area contributed by atoms with Crippen LogP contribution in [0, 0.1) is 6.92 Å². The Labute approximate surface area is 142 Å². The Morgan fingerprint density at radius 1 is 1.17 bits per heavy atom. The van der Waals surface area contributed by atoms with Crippen molar-refractivity contribution in [2.75, 3.05) is 19.8 Å². The van der Waals surface area contributed by atoms with E-state index in [9.17, 15) is 4.79 Å². The Kier molecular flexibility index (Phi) is 7.21. The van der Waals surface area contributed by atoms with E-state index in [0.717, 1.165) is 16.7 Å². The van der Waals surface area contributed by atoms with Crippen LogP contribution in [-0.4, -0.2) is 30.8 Å². The van der Waals surface area contributed by atoms with Crippen molar-refractivity contribution in [1.29, 1.82) is 0 Å². The highest BCUT2D eigenvalue weighted by Gasteiger charge is 2.12. The van der Waals surface area contributed by atoms with E-state index in [1.165, 1.54) is 6.08 Å². The van der Waals surface area contributed by atoms with Crippen molar-refractivity contribution < 1.29 is 14.6 Å². The second-order valence-corrected chi connectivity index (χ2v) is 5.48. The zero-order valence-electron chi connectivity index (χ0n) is 13.8. The van der Waals surface area contributed by atoms with Crippen LogP contribution >= 0.6 is 0 Å². The molecule has 4 heteroatoms. The summed E-state index contributed by atoms with van der Waals surface area (Å²) >= 11 is 0. The number of aliphatic hydroxyl groups excluding tert-OH is 1. The monoisotopic (exact) mass is 325 g/mol. The molecule has 2 rings (SSSR count). The summed E-state index contributed by atoms with van der Waals surface area (Å²) < 4.78 is 5.64. The molecule has 0 heterocycles. The molecule has 2 aromatic carbocycles. The standard InChI is InChI=1S/C20H23NO3/c1-16-7-10-18(11-8-16)19(24-14-13-22)15-21-20(23)12-9-17-5-3-2-4-6-17/h2-12,19,22H,13-15H2,1H3,(H,21,23). The average molecular weight is 325 g/mol. The Morgan fingerprint density at radius 2 is 1.88 bits per heavy atom. The number of hydrogen-bond donors (Lipinski definition) is 2. The molecule has 0 aromatic heterocycles. The van der Waals surface area contributed by atoms with Crippen LogP contribution in [0.3, 0.4) is 0 Å². The van der Waals surface area contributed by atoms with Gasteiger partial charge in [0, 0.05) is 12.6 Å². The highest BCUT2D eigenvalue weighted by atomic mass is 16.5. The number of ether oxygens (including phenoxy) is 1. The number of carbonyl (C=O) groups is 1. The summed E-state index contributed by atoms with van der Waals surface area (Å²) in [5.41, 5.74) is 3.11. The van der Waals surface area contributed by atoms with E-state index in [4.69, 9.17) is 9.84 Å². The lowest BCUT2D eigenvalue weighted by Crippen LogP contribution is -2.28. The summed E-state index contributed by atoms with van der Waals surface area (Å²) in [6.07, 6.45) is 2.99. The van der Waals surface area contributed by atoms with Gasteiger partial charge in [-0.3, -0.25) is 4.79 Å². The molecule has 0 aliphatic carbocycles. The summed E-state index contributed by atoms with van der Waals surface area (Å²) in [6, 6.07) is 17.6. The van der Waals surface area contributed by atoms with Crippen molar-refractivity contribution in [3.8, 4) is 0 Å². The van der Waals surface area contributed by atoms with Gasteiger partial charge in [0.1, 0.15) is 0 Å². The van der Waals surface area contributed by atoms with Gasteiger partial charge >= 0.3 is 0 Å². The molecule has 1 atom stereocenters. The van der Waals surface area contributed by atoms with Crippen molar-refractivity contribution in [1.82, 2.24) is 5.32 Å². The number of nitrogens with one attached hydrogen (secondary N) is 1. The van der Waals surface area contributed by atoms with Crippen molar-refractivity contribution in [3.63, 3.8) is 0 Å². The molecule has 4 nitrogen and oxygen atoms in total. The minimum Gasteiger partial charge on any atom is -0.394 e. The van der Waals surface area contributed by atoms with Gasteiger partial charge in [0.25, 0.3) is 0 Å². The van der Waals surface area contributed by atoms with Gasteiger partial charge in [0.15, 0.2) is 0 Å². The summed E-state index contributed by atoms with van der Waals surface area (Å²) in [4.78, 5) is 12.0. The third-order valence-corrected chi connectivity index (χ3v) is 3.55. The van der Waals surface area contributed by atoms with Gasteiger partial charge in [-0.05, 0) is 24.1 Å². The third kappa shape index (κ3) is 5.99. The first-order valence-corrected chi connectivity index (χ1v) is 7.99. The topological polar surface area (TPSA) is 58.6 Å². The maximum Gasteiger partial charge on any atom is 0.244 e. The fourth-order valence-electron chi connectivity index (χ4n) is 2.24. The van der Waals surface area contributed by atoms with Crippen LogP contribution in [0.25, 0.3) is 6.08 Å². The molecule has 126 valence electrons. The van der Waals surface area contributed by atoms with Gasteiger partial charge in [-0.15, -0.1) is 0 Å². The van der Waals surface area contributed by atoms with Crippen molar-refractivity contribution in [2.45, 2.75) is 13.0 Å². The normalized spacial score (nSPS) is 12.2. The van der Waals surface area contributed by atoms with Crippen LogP contribution in [0.5, 0.6) is 0 Å². The van der Waals surface area contributed by atoms with Crippen LogP contribution < -0.4 is 5.32 Å². The number of rotatable bonds is 8. The van der Waals surface area contributed by atoms with Gasteiger partial charge in [-0.2, -0.15) is 0 Å². The fourth-order valence-corrected chi connectivity index (χ4v) is 2.24. The minimum atomic E-state index is -0.285. The van der Waals surface area contributed by atoms with Crippen molar-refractivity contribution >= 4 is 12.0 Å². The molecule has 2 N–H and O–H groups in total. The van der Waals surface area contributed by atoms with Crippen LogP contribution in [-0.2, 0) is 9.53 Å². The van der Waals surface area contributed by atoms with Crippen LogP contribution in [0.15, 0.2) is 60.7 Å². The van der Waals surface area contributed by atoms with Crippen LogP contribution in [0.1, 0.15) is 22.8 Å². The SMILES string of the molecule is Cc1ccc(C(CNC(=O)C=Cc2ccccc2)OCCO)cc1. The first kappa shape index (κ1) is 17.9. The van der Waals surface area contributed by atoms with Crippen LogP contribution in [0.4, 0.5) is 0 Å². The highest BCUT2D eigenvalue weighted by molar-refractivity contribution is 5.91. The summed E-state index contributed by atoms with van der Waals surface area (Å²) in [5.74, 6) is -0.177. The van der Waals surface area contributed by atoms with Gasteiger partial charge in [0.2, 0.25) is 5.91 Å². The molecule has 0 saturated heterocycles. The molecule has 2 aromatic rings. The van der Waals surface area contributed by atoms with E-state index in [1.54, 1.807) is 6.08 Å².